The standard InChI is InChI=1S/C66H91ClN8O18S2/c1-11-12-15-41(3)35-89-51-31-45-28-40(2)16-13-18-53(76)66(86)34-52(92-62(83)71-66)42(4)47-33-65(47,6)54(32-58(80)75(10)50(30-45)59(51)67)93-60(81)43(5)74(9)57(79)22-27-95-64(85)73(8)25-24-72(7)63(84)90-36-44-19-20-48(49(29-44)69-55(77)21-23-68-56(78)38-94)70-61(82)91-46-17-14-26-87-39-88-37-46/h11-14,16-20,29-31,41-43,46-47,52-54,76,86,94H,15,21-28,32-39H2,1-10H3,(H,68,78)(H,69,77)(H,70,82)(H,71,83)/b12-11-,17-14+,18-13+,40-16+/t41?,42-,43-,46?,47-,52-,53+,54-,65+,66-/m0/s1. The van der Waals surface area contributed by atoms with Gasteiger partial charge in [-0.25, -0.2) is 19.2 Å². The summed E-state index contributed by atoms with van der Waals surface area (Å²) in [5.41, 5.74) is -0.284. The molecular weight excluding hydrogens is 1290 g/mol. The normalized spacial score (nSPS) is 24.8. The van der Waals surface area contributed by atoms with Crippen molar-refractivity contribution in [2.45, 2.75) is 129 Å². The summed E-state index contributed by atoms with van der Waals surface area (Å²) in [6.45, 7) is 11.6. The van der Waals surface area contributed by atoms with Gasteiger partial charge in [0.1, 0.15) is 54.6 Å². The molecule has 2 fully saturated rings. The molecule has 2 aromatic rings. The van der Waals surface area contributed by atoms with Gasteiger partial charge in [0.15, 0.2) is 5.72 Å². The number of nitrogens with zero attached hydrogens (tertiary/aromatic N) is 4. The van der Waals surface area contributed by atoms with Crippen LogP contribution in [0.3, 0.4) is 0 Å². The van der Waals surface area contributed by atoms with E-state index in [2.05, 4.69) is 33.9 Å². The van der Waals surface area contributed by atoms with Crippen LogP contribution in [0.15, 0.2) is 78.4 Å². The quantitative estimate of drug-likeness (QED) is 0.0240. The minimum absolute atomic E-state index is 0.0249. The summed E-state index contributed by atoms with van der Waals surface area (Å²) in [6, 6.07) is 7.01. The molecule has 522 valence electrons. The third kappa shape index (κ3) is 22.6. The average Bonchev–Trinajstić information content (AvgIpc) is 1.57. The van der Waals surface area contributed by atoms with E-state index in [1.807, 2.05) is 52.8 Å². The number of fused-ring (bicyclic) bond motifs is 5. The number of aliphatic hydroxyl groups is 2. The van der Waals surface area contributed by atoms with Gasteiger partial charge in [0.25, 0.3) is 5.24 Å². The number of anilines is 3. The fourth-order valence-electron chi connectivity index (χ4n) is 10.8. The number of aliphatic hydroxyl groups excluding tert-OH is 1. The minimum atomic E-state index is -2.09. The van der Waals surface area contributed by atoms with Crippen molar-refractivity contribution in [1.29, 1.82) is 0 Å². The van der Waals surface area contributed by atoms with E-state index in [4.69, 9.17) is 44.8 Å². The van der Waals surface area contributed by atoms with Crippen LogP contribution in [0.1, 0.15) is 91.2 Å². The molecule has 0 radical (unpaired) electrons. The number of rotatable bonds is 23. The molecule has 2 aromatic carbocycles. The predicted molar refractivity (Wildman–Crippen MR) is 361 cm³/mol. The summed E-state index contributed by atoms with van der Waals surface area (Å²) in [6.07, 6.45) is 6.14. The highest BCUT2D eigenvalue weighted by Gasteiger charge is 2.62. The molecule has 1 aliphatic carbocycles. The Balaban J connectivity index is 1.06. The first kappa shape index (κ1) is 76.7. The molecular formula is C66H91ClN8O18S2. The molecule has 4 aliphatic rings. The zero-order valence-electron chi connectivity index (χ0n) is 55.5. The maximum atomic E-state index is 14.7. The van der Waals surface area contributed by atoms with Crippen LogP contribution < -0.4 is 30.9 Å². The summed E-state index contributed by atoms with van der Waals surface area (Å²) < 4.78 is 39.9. The Labute approximate surface area is 569 Å². The van der Waals surface area contributed by atoms with Crippen LogP contribution in [0.25, 0.3) is 0 Å². The van der Waals surface area contributed by atoms with Crippen molar-refractivity contribution in [3.05, 3.63) is 94.6 Å². The smallest absolute Gasteiger partial charge is 0.412 e. The van der Waals surface area contributed by atoms with Gasteiger partial charge in [-0.2, -0.15) is 12.6 Å². The topological polar surface area (TPSA) is 320 Å². The zero-order valence-corrected chi connectivity index (χ0v) is 58.0. The van der Waals surface area contributed by atoms with E-state index in [1.54, 1.807) is 43.5 Å². The Hall–Kier alpha value is -7.34. The van der Waals surface area contributed by atoms with E-state index in [1.165, 1.54) is 65.9 Å². The molecule has 95 heavy (non-hydrogen) atoms. The Kier molecular flexibility index (Phi) is 29.2. The monoisotopic (exact) mass is 1380 g/mol. The summed E-state index contributed by atoms with van der Waals surface area (Å²) in [5.74, 6) is -2.91. The van der Waals surface area contributed by atoms with Gasteiger partial charge in [0, 0.05) is 78.3 Å². The van der Waals surface area contributed by atoms with Crippen molar-refractivity contribution in [3.63, 3.8) is 0 Å². The molecule has 3 heterocycles. The molecule has 0 aromatic heterocycles. The number of likely N-dealkylation sites (N-methyl/N-ethyl adjacent to an activating group) is 3. The van der Waals surface area contributed by atoms with Gasteiger partial charge in [-0.3, -0.25) is 34.6 Å². The lowest BCUT2D eigenvalue weighted by molar-refractivity contribution is -0.163. The van der Waals surface area contributed by atoms with E-state index in [0.29, 0.717) is 36.4 Å². The number of hydrogen-bond donors (Lipinski definition) is 7. The second-order valence-corrected chi connectivity index (χ2v) is 26.3. The lowest BCUT2D eigenvalue weighted by atomic mass is 9.83. The van der Waals surface area contributed by atoms with Crippen LogP contribution in [-0.2, 0) is 65.4 Å². The van der Waals surface area contributed by atoms with Crippen LogP contribution in [0.4, 0.5) is 36.2 Å². The first-order chi connectivity index (χ1) is 45.0. The molecule has 29 heteroatoms. The fraction of sp³-hybridized carbons (Fsp3) is 0.561. The number of thiol groups is 1. The summed E-state index contributed by atoms with van der Waals surface area (Å²) >= 11 is 11.9. The third-order valence-corrected chi connectivity index (χ3v) is 18.7. The first-order valence-corrected chi connectivity index (χ1v) is 33.4. The molecule has 0 spiro atoms. The van der Waals surface area contributed by atoms with Gasteiger partial charge < -0.3 is 73.6 Å². The number of hydrogen-bond acceptors (Lipinski definition) is 20. The van der Waals surface area contributed by atoms with Crippen LogP contribution in [0.2, 0.25) is 5.02 Å². The van der Waals surface area contributed by atoms with Crippen molar-refractivity contribution >= 4 is 106 Å². The molecule has 26 nitrogen and oxygen atoms in total. The highest BCUT2D eigenvalue weighted by atomic mass is 35.5. The number of alkyl carbamates (subject to hydrolysis) is 1. The lowest BCUT2D eigenvalue weighted by Gasteiger charge is -2.41. The number of amides is 8. The van der Waals surface area contributed by atoms with Gasteiger partial charge >= 0.3 is 24.2 Å². The van der Waals surface area contributed by atoms with E-state index >= 15 is 0 Å². The van der Waals surface area contributed by atoms with Gasteiger partial charge in [0.05, 0.1) is 49.1 Å². The van der Waals surface area contributed by atoms with E-state index in [-0.39, 0.29) is 118 Å². The lowest BCUT2D eigenvalue weighted by Crippen LogP contribution is -2.63. The highest BCUT2D eigenvalue weighted by Crippen LogP contribution is 2.61. The predicted octanol–water partition coefficient (Wildman–Crippen LogP) is 8.00. The van der Waals surface area contributed by atoms with Crippen LogP contribution in [-0.4, -0.2) is 200 Å². The maximum Gasteiger partial charge on any atom is 0.412 e. The number of halogens is 1. The van der Waals surface area contributed by atoms with Gasteiger partial charge in [0.2, 0.25) is 23.6 Å². The van der Waals surface area contributed by atoms with Crippen molar-refractivity contribution in [2.24, 2.45) is 23.2 Å². The van der Waals surface area contributed by atoms with Crippen molar-refractivity contribution in [1.82, 2.24) is 25.3 Å². The number of nitrogens with one attached hydrogen (secondary N) is 4. The second kappa shape index (κ2) is 36.1. The highest BCUT2D eigenvalue weighted by molar-refractivity contribution is 8.13. The molecule has 6 rings (SSSR count). The second-order valence-electron chi connectivity index (χ2n) is 24.6. The van der Waals surface area contributed by atoms with E-state index in [9.17, 15) is 53.4 Å². The Morgan fingerprint density at radius 3 is 2.46 bits per heavy atom. The number of esters is 1. The number of benzene rings is 2. The number of thioether (sulfide) groups is 1. The molecule has 6 N–H and O–H groups in total. The molecule has 4 bridgehead atoms. The summed E-state index contributed by atoms with van der Waals surface area (Å²) in [5, 5.41) is 33.1. The van der Waals surface area contributed by atoms with Crippen LogP contribution in [0.5, 0.6) is 5.75 Å². The SMILES string of the molecule is C/C=C\CC(C)COc1cc2cc(c1Cl)N(C)C(=O)C[C@H](OC(=O)[C@H](C)N(C)C(=O)CCSC(=O)N(C)CCN(C)C(=O)OCc1ccc(NC(=O)OC3/C=C/COCOC3)c(NC(=O)CCNC(=O)CS)c1)[C@]1(C)C[C@H]1[C@H](C)[C@@H]1C[C@@](O)(NC(=O)O1)[C@H](O)/C=C/C=C(\C)C2. The van der Waals surface area contributed by atoms with Crippen molar-refractivity contribution < 1.29 is 86.5 Å². The number of carbonyl (C=O) groups is 9. The fourth-order valence-corrected chi connectivity index (χ4v) is 12.0. The van der Waals surface area contributed by atoms with Crippen molar-refractivity contribution in [3.8, 4) is 5.75 Å². The van der Waals surface area contributed by atoms with E-state index < -0.39 is 94.7 Å². The average molecular weight is 1380 g/mol. The minimum Gasteiger partial charge on any atom is -0.492 e. The van der Waals surface area contributed by atoms with Gasteiger partial charge in [-0.1, -0.05) is 92.2 Å². The Morgan fingerprint density at radius 2 is 1.73 bits per heavy atom. The largest absolute Gasteiger partial charge is 0.492 e. The molecule has 1 saturated carbocycles. The number of carbonyl (C=O) groups excluding carboxylic acids is 9. The number of allylic oxidation sites excluding steroid dienone is 5. The Morgan fingerprint density at radius 1 is 0.979 bits per heavy atom. The van der Waals surface area contributed by atoms with Crippen LogP contribution >= 0.6 is 36.0 Å². The molecule has 8 amide bonds. The Bertz CT molecular complexity index is 3210. The molecule has 1 saturated heterocycles. The zero-order chi connectivity index (χ0) is 69.7. The van der Waals surface area contributed by atoms with Gasteiger partial charge in [-0.15, -0.1) is 0 Å². The van der Waals surface area contributed by atoms with E-state index in [0.717, 1.165) is 29.3 Å². The molecule has 2 unspecified atom stereocenters. The van der Waals surface area contributed by atoms with Gasteiger partial charge in [-0.05, 0) is 99.3 Å². The molecule has 3 aliphatic heterocycles. The van der Waals surface area contributed by atoms with Crippen LogP contribution in [0, 0.1) is 23.2 Å². The maximum absolute atomic E-state index is 14.7. The first-order valence-electron chi connectivity index (χ1n) is 31.4. The summed E-state index contributed by atoms with van der Waals surface area (Å²) in [7, 11) is 6.03. The summed E-state index contributed by atoms with van der Waals surface area (Å²) in [4.78, 5) is 125. The third-order valence-electron chi connectivity index (χ3n) is 17.1. The number of ether oxygens (including phenoxy) is 7. The van der Waals surface area contributed by atoms with Crippen molar-refractivity contribution in [2.75, 3.05) is 101 Å². The molecule has 10 atom stereocenters.